The Bertz CT molecular complexity index is 385. The van der Waals surface area contributed by atoms with Crippen LogP contribution in [0.1, 0.15) is 25.3 Å². The molecule has 90 valence electrons. The molecule has 0 aliphatic carbocycles. The number of hydrogen-bond acceptors (Lipinski definition) is 1. The molecule has 0 amide bonds. The fraction of sp³-hybridized carbons (Fsp3) is 0.455. The van der Waals surface area contributed by atoms with Gasteiger partial charge in [0.05, 0.1) is 10.8 Å². The Hall–Kier alpha value is -0.840. The highest BCUT2D eigenvalue weighted by atomic mass is 32.2. The van der Waals surface area contributed by atoms with E-state index in [1.54, 1.807) is 18.2 Å². The van der Waals surface area contributed by atoms with E-state index in [0.29, 0.717) is 5.56 Å². The van der Waals surface area contributed by atoms with Crippen molar-refractivity contribution in [3.05, 3.63) is 29.8 Å². The first-order valence-corrected chi connectivity index (χ1v) is 6.17. The molecule has 0 spiro atoms. The summed E-state index contributed by atoms with van der Waals surface area (Å²) in [5.41, 5.74) is 0.713. The lowest BCUT2D eigenvalue weighted by atomic mass is 10.0. The minimum absolute atomic E-state index is 0.0633. The molecule has 0 bridgehead atoms. The standard InChI is InChI=1S/C11H13F3OS/c1-8(2)9-5-3-4-6-10(9)16(15)7-11(12,13)14/h3-6,8H,7H2,1-2H3. The second-order valence-corrected chi connectivity index (χ2v) is 5.22. The van der Waals surface area contributed by atoms with Crippen molar-refractivity contribution in [2.75, 3.05) is 5.75 Å². The van der Waals surface area contributed by atoms with Gasteiger partial charge in [0.15, 0.2) is 0 Å². The van der Waals surface area contributed by atoms with Gasteiger partial charge in [-0.05, 0) is 17.5 Å². The van der Waals surface area contributed by atoms with Gasteiger partial charge in [-0.25, -0.2) is 0 Å². The van der Waals surface area contributed by atoms with E-state index in [2.05, 4.69) is 0 Å². The van der Waals surface area contributed by atoms with Crippen LogP contribution in [0.3, 0.4) is 0 Å². The largest absolute Gasteiger partial charge is 0.400 e. The fourth-order valence-corrected chi connectivity index (χ4v) is 2.64. The third kappa shape index (κ3) is 3.63. The van der Waals surface area contributed by atoms with Gasteiger partial charge in [0, 0.05) is 4.90 Å². The van der Waals surface area contributed by atoms with Crippen LogP contribution in [0.5, 0.6) is 0 Å². The van der Waals surface area contributed by atoms with E-state index in [0.717, 1.165) is 0 Å². The Labute approximate surface area is 95.1 Å². The molecule has 0 saturated carbocycles. The Balaban J connectivity index is 3.00. The summed E-state index contributed by atoms with van der Waals surface area (Å²) in [6.45, 7) is 3.73. The summed E-state index contributed by atoms with van der Waals surface area (Å²) >= 11 is 0. The predicted molar refractivity (Wildman–Crippen MR) is 57.9 cm³/mol. The summed E-state index contributed by atoms with van der Waals surface area (Å²) < 4.78 is 48.0. The second-order valence-electron chi connectivity index (χ2n) is 3.80. The summed E-state index contributed by atoms with van der Waals surface area (Å²) in [4.78, 5) is 0.287. The Morgan fingerprint density at radius 2 is 1.81 bits per heavy atom. The van der Waals surface area contributed by atoms with E-state index in [9.17, 15) is 17.4 Å². The van der Waals surface area contributed by atoms with Crippen LogP contribution in [-0.2, 0) is 10.8 Å². The molecule has 0 fully saturated rings. The maximum Gasteiger partial charge on any atom is 0.400 e. The molecule has 0 heterocycles. The molecule has 1 rings (SSSR count). The van der Waals surface area contributed by atoms with E-state index in [1.165, 1.54) is 6.07 Å². The van der Waals surface area contributed by atoms with Crippen LogP contribution in [0.4, 0.5) is 13.2 Å². The van der Waals surface area contributed by atoms with Crippen molar-refractivity contribution in [1.82, 2.24) is 0 Å². The highest BCUT2D eigenvalue weighted by Crippen LogP contribution is 2.25. The average Bonchev–Trinajstić information content (AvgIpc) is 2.15. The zero-order valence-electron chi connectivity index (χ0n) is 9.04. The summed E-state index contributed by atoms with van der Waals surface area (Å²) in [5, 5.41) is 0. The highest BCUT2D eigenvalue weighted by Gasteiger charge is 2.31. The number of halogens is 3. The van der Waals surface area contributed by atoms with Crippen LogP contribution in [0.25, 0.3) is 0 Å². The summed E-state index contributed by atoms with van der Waals surface area (Å²) in [5.74, 6) is -1.22. The normalized spacial score (nSPS) is 14.1. The monoisotopic (exact) mass is 250 g/mol. The first-order valence-electron chi connectivity index (χ1n) is 4.85. The lowest BCUT2D eigenvalue weighted by molar-refractivity contribution is -0.105. The van der Waals surface area contributed by atoms with Gasteiger partial charge in [-0.15, -0.1) is 0 Å². The van der Waals surface area contributed by atoms with Crippen LogP contribution in [-0.4, -0.2) is 16.1 Å². The average molecular weight is 250 g/mol. The van der Waals surface area contributed by atoms with Crippen molar-refractivity contribution < 1.29 is 17.4 Å². The quantitative estimate of drug-likeness (QED) is 0.802. The van der Waals surface area contributed by atoms with E-state index >= 15 is 0 Å². The minimum Gasteiger partial charge on any atom is -0.254 e. The van der Waals surface area contributed by atoms with Crippen LogP contribution in [0, 0.1) is 0 Å². The zero-order chi connectivity index (χ0) is 12.3. The Morgan fingerprint density at radius 1 is 1.25 bits per heavy atom. The highest BCUT2D eigenvalue weighted by molar-refractivity contribution is 7.85. The van der Waals surface area contributed by atoms with E-state index in [4.69, 9.17) is 0 Å². The molecule has 1 atom stereocenters. The summed E-state index contributed by atoms with van der Waals surface area (Å²) in [7, 11) is -2.01. The number of rotatable bonds is 3. The van der Waals surface area contributed by atoms with Gasteiger partial charge in [-0.1, -0.05) is 32.0 Å². The van der Waals surface area contributed by atoms with Gasteiger partial charge in [-0.3, -0.25) is 4.21 Å². The van der Waals surface area contributed by atoms with E-state index in [1.807, 2.05) is 13.8 Å². The van der Waals surface area contributed by atoms with Gasteiger partial charge in [0.1, 0.15) is 5.75 Å². The number of alkyl halides is 3. The van der Waals surface area contributed by atoms with Gasteiger partial charge in [0.2, 0.25) is 0 Å². The molecule has 0 saturated heterocycles. The maximum atomic E-state index is 12.1. The maximum absolute atomic E-state index is 12.1. The molecule has 0 N–H and O–H groups in total. The van der Waals surface area contributed by atoms with Crippen molar-refractivity contribution in [3.63, 3.8) is 0 Å². The van der Waals surface area contributed by atoms with Gasteiger partial charge in [-0.2, -0.15) is 13.2 Å². The second kappa shape index (κ2) is 4.99. The third-order valence-electron chi connectivity index (χ3n) is 2.08. The molecule has 0 radical (unpaired) electrons. The number of hydrogen-bond donors (Lipinski definition) is 0. The van der Waals surface area contributed by atoms with Crippen molar-refractivity contribution in [1.29, 1.82) is 0 Å². The molecule has 1 unspecified atom stereocenters. The first-order chi connectivity index (χ1) is 7.31. The molecule has 0 aromatic heterocycles. The summed E-state index contributed by atoms with van der Waals surface area (Å²) in [6.07, 6.45) is -4.39. The van der Waals surface area contributed by atoms with E-state index < -0.39 is 22.7 Å². The Morgan fingerprint density at radius 3 is 2.31 bits per heavy atom. The van der Waals surface area contributed by atoms with Gasteiger partial charge < -0.3 is 0 Å². The molecule has 1 nitrogen and oxygen atoms in total. The lowest BCUT2D eigenvalue weighted by Crippen LogP contribution is -2.19. The van der Waals surface area contributed by atoms with Crippen LogP contribution < -0.4 is 0 Å². The molecule has 16 heavy (non-hydrogen) atoms. The fourth-order valence-electron chi connectivity index (χ4n) is 1.39. The van der Waals surface area contributed by atoms with Crippen LogP contribution in [0.2, 0.25) is 0 Å². The molecule has 0 aliphatic heterocycles. The summed E-state index contributed by atoms with van der Waals surface area (Å²) in [6, 6.07) is 6.56. The molecule has 5 heteroatoms. The topological polar surface area (TPSA) is 17.1 Å². The SMILES string of the molecule is CC(C)c1ccccc1S(=O)CC(F)(F)F. The molecule has 0 aliphatic rings. The predicted octanol–water partition coefficient (Wildman–Crippen LogP) is 3.48. The van der Waals surface area contributed by atoms with Crippen LogP contribution in [0.15, 0.2) is 29.2 Å². The van der Waals surface area contributed by atoms with Gasteiger partial charge in [0.25, 0.3) is 0 Å². The molecule has 1 aromatic rings. The minimum atomic E-state index is -4.39. The van der Waals surface area contributed by atoms with Gasteiger partial charge >= 0.3 is 6.18 Å². The molecule has 1 aromatic carbocycles. The van der Waals surface area contributed by atoms with E-state index in [-0.39, 0.29) is 10.8 Å². The van der Waals surface area contributed by atoms with Crippen molar-refractivity contribution >= 4 is 10.8 Å². The third-order valence-corrected chi connectivity index (χ3v) is 3.53. The van der Waals surface area contributed by atoms with Crippen molar-refractivity contribution in [3.8, 4) is 0 Å². The van der Waals surface area contributed by atoms with Crippen LogP contribution >= 0.6 is 0 Å². The Kier molecular flexibility index (Phi) is 4.13. The lowest BCUT2D eigenvalue weighted by Gasteiger charge is -2.13. The first kappa shape index (κ1) is 13.2. The zero-order valence-corrected chi connectivity index (χ0v) is 9.86. The molecular formula is C11H13F3OS. The number of benzene rings is 1. The van der Waals surface area contributed by atoms with Crippen molar-refractivity contribution in [2.24, 2.45) is 0 Å². The van der Waals surface area contributed by atoms with Crippen molar-refractivity contribution in [2.45, 2.75) is 30.8 Å². The smallest absolute Gasteiger partial charge is 0.254 e. The molecular weight excluding hydrogens is 237 g/mol.